The molecule has 2 aromatic carbocycles. The van der Waals surface area contributed by atoms with E-state index in [-0.39, 0.29) is 17.0 Å². The summed E-state index contributed by atoms with van der Waals surface area (Å²) in [6, 6.07) is 9.54. The van der Waals surface area contributed by atoms with Gasteiger partial charge in [0, 0.05) is 22.4 Å². The number of carbonyl (C=O) groups excluding carboxylic acids is 1. The minimum absolute atomic E-state index is 0.0255. The van der Waals surface area contributed by atoms with Crippen LogP contribution >= 0.6 is 23.4 Å². The van der Waals surface area contributed by atoms with E-state index in [1.54, 1.807) is 17.8 Å². The third-order valence-corrected chi connectivity index (χ3v) is 4.83. The predicted octanol–water partition coefficient (Wildman–Crippen LogP) is 3.84. The lowest BCUT2D eigenvalue weighted by Crippen LogP contribution is -2.14. The van der Waals surface area contributed by atoms with Crippen molar-refractivity contribution >= 4 is 35.0 Å². The van der Waals surface area contributed by atoms with Crippen molar-refractivity contribution in [2.75, 3.05) is 11.1 Å². The molecule has 0 saturated carbocycles. The molecule has 2 aromatic rings. The minimum atomic E-state index is -0.517. The van der Waals surface area contributed by atoms with E-state index in [1.165, 1.54) is 18.2 Å². The van der Waals surface area contributed by atoms with Crippen LogP contribution in [-0.2, 0) is 0 Å². The number of amides is 1. The van der Waals surface area contributed by atoms with Crippen LogP contribution in [0.25, 0.3) is 0 Å². The van der Waals surface area contributed by atoms with Crippen LogP contribution in [0.2, 0.25) is 5.02 Å². The molecule has 1 aliphatic heterocycles. The molecule has 3 N–H and O–H groups in total. The number of nitrogens with two attached hydrogens (primary N) is 1. The van der Waals surface area contributed by atoms with Gasteiger partial charge in [0.05, 0.1) is 10.6 Å². The molecule has 108 valence electrons. The number of halogens is 2. The number of anilines is 1. The molecular weight excluding hydrogens is 311 g/mol. The second-order valence-electron chi connectivity index (χ2n) is 4.72. The van der Waals surface area contributed by atoms with E-state index in [0.29, 0.717) is 11.3 Å². The van der Waals surface area contributed by atoms with Crippen molar-refractivity contribution in [3.63, 3.8) is 0 Å². The summed E-state index contributed by atoms with van der Waals surface area (Å²) < 4.78 is 13.1. The molecule has 1 heterocycles. The summed E-state index contributed by atoms with van der Waals surface area (Å²) in [5.74, 6) is -0.00457. The Morgan fingerprint density at radius 3 is 2.95 bits per heavy atom. The Balaban J connectivity index is 1.88. The van der Waals surface area contributed by atoms with Crippen molar-refractivity contribution in [2.45, 2.75) is 10.9 Å². The fourth-order valence-corrected chi connectivity index (χ4v) is 3.63. The molecular formula is C15H12ClFN2OS. The maximum absolute atomic E-state index is 13.1. The van der Waals surface area contributed by atoms with E-state index in [0.717, 1.165) is 16.2 Å². The Kier molecular flexibility index (Phi) is 3.89. The molecule has 1 atom stereocenters. The molecule has 1 unspecified atom stereocenters. The third kappa shape index (κ3) is 2.77. The first kappa shape index (κ1) is 14.4. The van der Waals surface area contributed by atoms with E-state index >= 15 is 0 Å². The zero-order valence-corrected chi connectivity index (χ0v) is 12.5. The van der Waals surface area contributed by atoms with Gasteiger partial charge in [0.1, 0.15) is 5.82 Å². The van der Waals surface area contributed by atoms with E-state index < -0.39 is 5.82 Å². The lowest BCUT2D eigenvalue weighted by Gasteiger charge is -2.10. The molecule has 3 rings (SSSR count). The summed E-state index contributed by atoms with van der Waals surface area (Å²) in [5.41, 5.74) is 8.01. The van der Waals surface area contributed by atoms with Gasteiger partial charge in [0.25, 0.3) is 5.91 Å². The molecule has 0 bridgehead atoms. The van der Waals surface area contributed by atoms with Gasteiger partial charge in [-0.3, -0.25) is 4.79 Å². The highest BCUT2D eigenvalue weighted by Crippen LogP contribution is 2.39. The van der Waals surface area contributed by atoms with Crippen LogP contribution in [0.15, 0.2) is 41.3 Å². The quantitative estimate of drug-likeness (QED) is 0.883. The molecule has 21 heavy (non-hydrogen) atoms. The standard InChI is InChI=1S/C15H12ClFN2OS/c16-11-6-8(4-5-12(11)17)19-15(20)10-3-1-2-9-13(18)7-21-14(9)10/h1-6,13H,7,18H2,(H,19,20). The number of rotatable bonds is 2. The average molecular weight is 323 g/mol. The first-order chi connectivity index (χ1) is 10.1. The first-order valence-corrected chi connectivity index (χ1v) is 7.70. The first-order valence-electron chi connectivity index (χ1n) is 6.34. The summed E-state index contributed by atoms with van der Waals surface area (Å²) in [6.07, 6.45) is 0. The number of benzene rings is 2. The van der Waals surface area contributed by atoms with Gasteiger partial charge in [-0.25, -0.2) is 4.39 Å². The van der Waals surface area contributed by atoms with Gasteiger partial charge >= 0.3 is 0 Å². The van der Waals surface area contributed by atoms with Gasteiger partial charge in [-0.2, -0.15) is 0 Å². The Morgan fingerprint density at radius 1 is 1.38 bits per heavy atom. The number of thioether (sulfide) groups is 1. The van der Waals surface area contributed by atoms with Gasteiger partial charge in [-0.15, -0.1) is 11.8 Å². The van der Waals surface area contributed by atoms with Crippen LogP contribution in [0, 0.1) is 5.82 Å². The third-order valence-electron chi connectivity index (χ3n) is 3.27. The van der Waals surface area contributed by atoms with Crippen LogP contribution in [0.1, 0.15) is 22.0 Å². The Bertz CT molecular complexity index is 723. The fourth-order valence-electron chi connectivity index (χ4n) is 2.22. The highest BCUT2D eigenvalue weighted by Gasteiger charge is 2.24. The van der Waals surface area contributed by atoms with Crippen molar-refractivity contribution < 1.29 is 9.18 Å². The van der Waals surface area contributed by atoms with Gasteiger partial charge in [-0.05, 0) is 29.8 Å². The number of fused-ring (bicyclic) bond motifs is 1. The molecule has 0 saturated heterocycles. The summed E-state index contributed by atoms with van der Waals surface area (Å²) in [7, 11) is 0. The summed E-state index contributed by atoms with van der Waals surface area (Å²) in [6.45, 7) is 0. The van der Waals surface area contributed by atoms with Gasteiger partial charge in [0.15, 0.2) is 0 Å². The van der Waals surface area contributed by atoms with Crippen molar-refractivity contribution in [3.05, 3.63) is 58.4 Å². The molecule has 0 spiro atoms. The van der Waals surface area contributed by atoms with Crippen LogP contribution in [0.3, 0.4) is 0 Å². The molecule has 0 radical (unpaired) electrons. The highest BCUT2D eigenvalue weighted by molar-refractivity contribution is 7.99. The van der Waals surface area contributed by atoms with Gasteiger partial charge in [-0.1, -0.05) is 23.7 Å². The molecule has 1 aliphatic rings. The monoisotopic (exact) mass is 322 g/mol. The Hall–Kier alpha value is -1.56. The number of hydrogen-bond donors (Lipinski definition) is 2. The van der Waals surface area contributed by atoms with E-state index in [4.69, 9.17) is 17.3 Å². The fraction of sp³-hybridized carbons (Fsp3) is 0.133. The topological polar surface area (TPSA) is 55.1 Å². The van der Waals surface area contributed by atoms with Crippen molar-refractivity contribution in [1.29, 1.82) is 0 Å². The summed E-state index contributed by atoms with van der Waals surface area (Å²) in [5, 5.41) is 2.70. The molecule has 0 aliphatic carbocycles. The lowest BCUT2D eigenvalue weighted by molar-refractivity contribution is 0.102. The molecule has 6 heteroatoms. The smallest absolute Gasteiger partial charge is 0.256 e. The van der Waals surface area contributed by atoms with Crippen molar-refractivity contribution in [2.24, 2.45) is 5.73 Å². The van der Waals surface area contributed by atoms with E-state index in [1.807, 2.05) is 12.1 Å². The summed E-state index contributed by atoms with van der Waals surface area (Å²) >= 11 is 7.28. The van der Waals surface area contributed by atoms with Crippen LogP contribution in [0.5, 0.6) is 0 Å². The van der Waals surface area contributed by atoms with Crippen LogP contribution in [0.4, 0.5) is 10.1 Å². The summed E-state index contributed by atoms with van der Waals surface area (Å²) in [4.78, 5) is 13.3. The SMILES string of the molecule is NC1CSc2c(C(=O)Nc3ccc(F)c(Cl)c3)cccc21. The van der Waals surface area contributed by atoms with Crippen molar-refractivity contribution in [3.8, 4) is 0 Å². The maximum atomic E-state index is 13.1. The zero-order chi connectivity index (χ0) is 15.0. The molecule has 0 aromatic heterocycles. The normalized spacial score (nSPS) is 16.6. The minimum Gasteiger partial charge on any atom is -0.323 e. The van der Waals surface area contributed by atoms with Gasteiger partial charge < -0.3 is 11.1 Å². The predicted molar refractivity (Wildman–Crippen MR) is 83.5 cm³/mol. The highest BCUT2D eigenvalue weighted by atomic mass is 35.5. The van der Waals surface area contributed by atoms with Gasteiger partial charge in [0.2, 0.25) is 0 Å². The number of carbonyl (C=O) groups is 1. The zero-order valence-electron chi connectivity index (χ0n) is 10.9. The number of nitrogens with one attached hydrogen (secondary N) is 1. The van der Waals surface area contributed by atoms with Crippen LogP contribution < -0.4 is 11.1 Å². The second kappa shape index (κ2) is 5.67. The number of hydrogen-bond acceptors (Lipinski definition) is 3. The molecule has 1 amide bonds. The Morgan fingerprint density at radius 2 is 2.19 bits per heavy atom. The Labute approximate surface area is 130 Å². The second-order valence-corrected chi connectivity index (χ2v) is 6.16. The van der Waals surface area contributed by atoms with Crippen molar-refractivity contribution in [1.82, 2.24) is 0 Å². The average Bonchev–Trinajstić information content (AvgIpc) is 2.85. The molecule has 0 fully saturated rings. The lowest BCUT2D eigenvalue weighted by atomic mass is 10.1. The van der Waals surface area contributed by atoms with E-state index in [9.17, 15) is 9.18 Å². The van der Waals surface area contributed by atoms with E-state index in [2.05, 4.69) is 5.32 Å². The molecule has 3 nitrogen and oxygen atoms in total. The maximum Gasteiger partial charge on any atom is 0.256 e. The largest absolute Gasteiger partial charge is 0.323 e. The van der Waals surface area contributed by atoms with Crippen LogP contribution in [-0.4, -0.2) is 11.7 Å².